The number of anilines is 1. The van der Waals surface area contributed by atoms with E-state index >= 15 is 0 Å². The van der Waals surface area contributed by atoms with Gasteiger partial charge in [0.1, 0.15) is 10.6 Å². The molecule has 0 bridgehead atoms. The Hall–Kier alpha value is -2.41. The van der Waals surface area contributed by atoms with Crippen LogP contribution in [-0.4, -0.2) is 32.2 Å². The zero-order valence-electron chi connectivity index (χ0n) is 15.2. The van der Waals surface area contributed by atoms with Crippen LogP contribution in [0.15, 0.2) is 29.3 Å². The minimum absolute atomic E-state index is 0.00629. The monoisotopic (exact) mass is 386 g/mol. The van der Waals surface area contributed by atoms with Crippen molar-refractivity contribution in [2.75, 3.05) is 18.2 Å². The third kappa shape index (κ3) is 3.32. The summed E-state index contributed by atoms with van der Waals surface area (Å²) in [6.45, 7) is 0. The van der Waals surface area contributed by atoms with Crippen LogP contribution in [0, 0.1) is 0 Å². The number of aryl methyl sites for hydroxylation is 2. The molecule has 0 saturated heterocycles. The van der Waals surface area contributed by atoms with Gasteiger partial charge in [-0.15, -0.1) is 0 Å². The van der Waals surface area contributed by atoms with Crippen LogP contribution in [-0.2, 0) is 40.3 Å². The summed E-state index contributed by atoms with van der Waals surface area (Å²) in [4.78, 5) is 16.5. The molecule has 0 saturated carbocycles. The lowest BCUT2D eigenvalue weighted by Crippen LogP contribution is -2.24. The highest BCUT2D eigenvalue weighted by molar-refractivity contribution is 7.92. The number of rotatable bonds is 5. The molecule has 27 heavy (non-hydrogen) atoms. The Morgan fingerprint density at radius 3 is 2.44 bits per heavy atom. The van der Waals surface area contributed by atoms with Crippen molar-refractivity contribution in [2.24, 2.45) is 0 Å². The number of carbonyl (C=O) groups excluding carboxylic acids is 1. The molecule has 142 valence electrons. The first kappa shape index (κ1) is 18.0. The highest BCUT2D eigenvalue weighted by Gasteiger charge is 2.28. The first-order valence-corrected chi connectivity index (χ1v) is 10.8. The van der Waals surface area contributed by atoms with Gasteiger partial charge in [-0.25, -0.2) is 13.4 Å². The Morgan fingerprint density at radius 2 is 1.81 bits per heavy atom. The van der Waals surface area contributed by atoms with Crippen molar-refractivity contribution in [3.8, 4) is 5.88 Å². The average Bonchev–Trinajstić information content (AvgIpc) is 3.30. The van der Waals surface area contributed by atoms with Crippen molar-refractivity contribution in [3.05, 3.63) is 46.6 Å². The lowest BCUT2D eigenvalue weighted by molar-refractivity contribution is -0.113. The van der Waals surface area contributed by atoms with Crippen LogP contribution in [0.5, 0.6) is 5.88 Å². The van der Waals surface area contributed by atoms with E-state index in [-0.39, 0.29) is 10.8 Å². The fraction of sp³-hybridized carbons (Fsp3) is 0.400. The predicted octanol–water partition coefficient (Wildman–Crippen LogP) is 2.48. The van der Waals surface area contributed by atoms with E-state index in [2.05, 4.69) is 16.4 Å². The van der Waals surface area contributed by atoms with Crippen molar-refractivity contribution in [3.63, 3.8) is 0 Å². The second-order valence-corrected chi connectivity index (χ2v) is 9.01. The Kier molecular flexibility index (Phi) is 4.63. The molecule has 0 unspecified atom stereocenters. The summed E-state index contributed by atoms with van der Waals surface area (Å²) in [5.41, 5.74) is 5.81. The summed E-state index contributed by atoms with van der Waals surface area (Å²) in [5.74, 6) is -1.14. The first-order valence-electron chi connectivity index (χ1n) is 9.17. The zero-order chi connectivity index (χ0) is 19.0. The van der Waals surface area contributed by atoms with Crippen molar-refractivity contribution in [2.45, 2.75) is 43.4 Å². The van der Waals surface area contributed by atoms with Crippen molar-refractivity contribution in [1.82, 2.24) is 4.98 Å². The number of sulfone groups is 1. The van der Waals surface area contributed by atoms with Crippen LogP contribution < -0.4 is 10.1 Å². The van der Waals surface area contributed by atoms with Crippen LogP contribution in [0.4, 0.5) is 5.69 Å². The lowest BCUT2D eigenvalue weighted by atomic mass is 9.98. The number of carbonyl (C=O) groups is 1. The number of pyridine rings is 1. The van der Waals surface area contributed by atoms with Gasteiger partial charge < -0.3 is 10.1 Å². The molecule has 1 heterocycles. The fourth-order valence-electron chi connectivity index (χ4n) is 4.16. The largest absolute Gasteiger partial charge is 0.480 e. The van der Waals surface area contributed by atoms with E-state index in [9.17, 15) is 13.2 Å². The number of benzene rings is 1. The number of aromatic nitrogens is 1. The molecule has 7 heteroatoms. The Labute approximate surface area is 158 Å². The molecule has 1 aromatic carbocycles. The van der Waals surface area contributed by atoms with E-state index in [4.69, 9.17) is 4.74 Å². The average molecular weight is 386 g/mol. The van der Waals surface area contributed by atoms with Crippen LogP contribution in [0.3, 0.4) is 0 Å². The molecule has 0 spiro atoms. The first-order chi connectivity index (χ1) is 13.0. The Balaban J connectivity index is 1.61. The highest BCUT2D eigenvalue weighted by atomic mass is 32.2. The third-order valence-corrected chi connectivity index (χ3v) is 6.95. The molecule has 1 amide bonds. The molecule has 0 radical (unpaired) electrons. The second-order valence-electron chi connectivity index (χ2n) is 7.05. The van der Waals surface area contributed by atoms with Gasteiger partial charge in [-0.2, -0.15) is 0 Å². The standard InChI is InChI=1S/C20H22N2O4S/c1-26-20-17(9-4-10-21-20)27(24,25)12-18(23)22-19-15-7-2-5-13(15)11-14-6-3-8-16(14)19/h4,9-11H,2-3,5-8,12H2,1H3,(H,22,23). The van der Waals surface area contributed by atoms with E-state index in [1.165, 1.54) is 47.7 Å². The highest BCUT2D eigenvalue weighted by Crippen LogP contribution is 2.38. The minimum atomic E-state index is -3.85. The van der Waals surface area contributed by atoms with E-state index in [1.54, 1.807) is 0 Å². The van der Waals surface area contributed by atoms with Gasteiger partial charge in [0.15, 0.2) is 9.84 Å². The summed E-state index contributed by atoms with van der Waals surface area (Å²) in [7, 11) is -2.49. The van der Waals surface area contributed by atoms with Gasteiger partial charge in [-0.05, 0) is 72.9 Å². The predicted molar refractivity (Wildman–Crippen MR) is 102 cm³/mol. The van der Waals surface area contributed by atoms with Crippen molar-refractivity contribution >= 4 is 21.4 Å². The molecule has 4 rings (SSSR count). The van der Waals surface area contributed by atoms with Gasteiger partial charge in [0.2, 0.25) is 11.8 Å². The quantitative estimate of drug-likeness (QED) is 0.853. The molecule has 0 aliphatic heterocycles. The topological polar surface area (TPSA) is 85.4 Å². The summed E-state index contributed by atoms with van der Waals surface area (Å²) in [5, 5.41) is 2.93. The van der Waals surface area contributed by atoms with Gasteiger partial charge in [0.25, 0.3) is 0 Å². The van der Waals surface area contributed by atoms with Gasteiger partial charge in [-0.3, -0.25) is 4.79 Å². The number of hydrogen-bond donors (Lipinski definition) is 1. The Morgan fingerprint density at radius 1 is 1.15 bits per heavy atom. The zero-order valence-corrected chi connectivity index (χ0v) is 16.1. The molecule has 6 nitrogen and oxygen atoms in total. The summed E-state index contributed by atoms with van der Waals surface area (Å²) in [6.07, 6.45) is 7.52. The van der Waals surface area contributed by atoms with E-state index in [0.29, 0.717) is 0 Å². The number of amides is 1. The maximum absolute atomic E-state index is 12.7. The maximum Gasteiger partial charge on any atom is 0.239 e. The van der Waals surface area contributed by atoms with Crippen LogP contribution in [0.2, 0.25) is 0 Å². The molecular weight excluding hydrogens is 364 g/mol. The maximum atomic E-state index is 12.7. The number of nitrogens with zero attached hydrogens (tertiary/aromatic N) is 1. The number of hydrogen-bond acceptors (Lipinski definition) is 5. The van der Waals surface area contributed by atoms with Crippen LogP contribution >= 0.6 is 0 Å². The molecule has 1 N–H and O–H groups in total. The number of methoxy groups -OCH3 is 1. The smallest absolute Gasteiger partial charge is 0.239 e. The lowest BCUT2D eigenvalue weighted by Gasteiger charge is -2.16. The second kappa shape index (κ2) is 6.96. The number of fused-ring (bicyclic) bond motifs is 2. The van der Waals surface area contributed by atoms with Crippen LogP contribution in [0.1, 0.15) is 35.1 Å². The number of ether oxygens (including phenoxy) is 1. The fourth-order valence-corrected chi connectivity index (χ4v) is 5.42. The summed E-state index contributed by atoms with van der Waals surface area (Å²) < 4.78 is 30.4. The third-order valence-electron chi connectivity index (χ3n) is 5.32. The van der Waals surface area contributed by atoms with Crippen molar-refractivity contribution in [1.29, 1.82) is 0 Å². The van der Waals surface area contributed by atoms with Gasteiger partial charge in [0, 0.05) is 11.9 Å². The SMILES string of the molecule is COc1ncccc1S(=O)(=O)CC(=O)Nc1c2c(cc3c1CCC3)CCC2. The molecule has 0 atom stereocenters. The Bertz CT molecular complexity index is 983. The molecule has 2 aliphatic carbocycles. The van der Waals surface area contributed by atoms with E-state index in [0.717, 1.165) is 44.2 Å². The molecule has 2 aliphatic rings. The van der Waals surface area contributed by atoms with Gasteiger partial charge in [0.05, 0.1) is 7.11 Å². The summed E-state index contributed by atoms with van der Waals surface area (Å²) in [6, 6.07) is 5.20. The normalized spacial score (nSPS) is 15.3. The minimum Gasteiger partial charge on any atom is -0.480 e. The molecule has 1 aromatic heterocycles. The summed E-state index contributed by atoms with van der Waals surface area (Å²) >= 11 is 0. The molecular formula is C20H22N2O4S. The van der Waals surface area contributed by atoms with E-state index in [1.807, 2.05) is 0 Å². The van der Waals surface area contributed by atoms with E-state index < -0.39 is 21.5 Å². The van der Waals surface area contributed by atoms with Gasteiger partial charge >= 0.3 is 0 Å². The molecule has 2 aromatic rings. The number of nitrogens with one attached hydrogen (secondary N) is 1. The van der Waals surface area contributed by atoms with Crippen LogP contribution in [0.25, 0.3) is 0 Å². The molecule has 0 fully saturated rings. The van der Waals surface area contributed by atoms with Gasteiger partial charge in [-0.1, -0.05) is 6.07 Å². The van der Waals surface area contributed by atoms with Crippen molar-refractivity contribution < 1.29 is 17.9 Å².